The Labute approximate surface area is 99.5 Å². The van der Waals surface area contributed by atoms with Crippen molar-refractivity contribution in [3.8, 4) is 11.5 Å². The molecule has 17 heavy (non-hydrogen) atoms. The zero-order chi connectivity index (χ0) is 12.3. The van der Waals surface area contributed by atoms with Crippen molar-refractivity contribution in [1.29, 1.82) is 0 Å². The van der Waals surface area contributed by atoms with Crippen LogP contribution in [0.25, 0.3) is 0 Å². The molecule has 0 atom stereocenters. The second kappa shape index (κ2) is 5.17. The van der Waals surface area contributed by atoms with Crippen molar-refractivity contribution in [3.63, 3.8) is 0 Å². The molecule has 0 N–H and O–H groups in total. The van der Waals surface area contributed by atoms with Crippen molar-refractivity contribution >= 4 is 6.29 Å². The molecule has 0 unspecified atom stereocenters. The molecule has 1 fully saturated rings. The molecule has 0 amide bonds. The quantitative estimate of drug-likeness (QED) is 0.714. The molecule has 1 saturated carbocycles. The highest BCUT2D eigenvalue weighted by atomic mass is 19.1. The van der Waals surface area contributed by atoms with Crippen LogP contribution < -0.4 is 9.47 Å². The zero-order valence-corrected chi connectivity index (χ0v) is 9.74. The van der Waals surface area contributed by atoms with Crippen molar-refractivity contribution in [1.82, 2.24) is 0 Å². The first kappa shape index (κ1) is 11.9. The Morgan fingerprint density at radius 1 is 1.47 bits per heavy atom. The molecule has 0 saturated heterocycles. The van der Waals surface area contributed by atoms with E-state index in [0.717, 1.165) is 19.1 Å². The smallest absolute Gasteiger partial charge is 0.164 e. The van der Waals surface area contributed by atoms with Gasteiger partial charge in [-0.3, -0.25) is 0 Å². The number of aldehydes is 1. The van der Waals surface area contributed by atoms with Gasteiger partial charge in [0.1, 0.15) is 12.1 Å². The van der Waals surface area contributed by atoms with Crippen LogP contribution in [0.15, 0.2) is 12.1 Å². The van der Waals surface area contributed by atoms with Gasteiger partial charge in [-0.15, -0.1) is 0 Å². The molecule has 0 aliphatic heterocycles. The van der Waals surface area contributed by atoms with E-state index in [0.29, 0.717) is 29.9 Å². The van der Waals surface area contributed by atoms with Gasteiger partial charge < -0.3 is 14.3 Å². The molecule has 0 spiro atoms. The fraction of sp³-hybridized carbons (Fsp3) is 0.462. The van der Waals surface area contributed by atoms with Gasteiger partial charge in [-0.1, -0.05) is 0 Å². The predicted octanol–water partition coefficient (Wildman–Crippen LogP) is 2.51. The number of carbonyl (C=O) groups excluding carboxylic acids is 1. The molecule has 1 aromatic rings. The maximum atomic E-state index is 13.4. The molecule has 3 nitrogen and oxygen atoms in total. The third-order valence-electron chi connectivity index (χ3n) is 2.66. The number of rotatable bonds is 6. The van der Waals surface area contributed by atoms with Crippen LogP contribution in [0.1, 0.15) is 24.8 Å². The minimum absolute atomic E-state index is 0.212. The topological polar surface area (TPSA) is 35.5 Å². The zero-order valence-electron chi connectivity index (χ0n) is 9.74. The van der Waals surface area contributed by atoms with Crippen molar-refractivity contribution in [3.05, 3.63) is 23.5 Å². The van der Waals surface area contributed by atoms with Crippen LogP contribution >= 0.6 is 0 Å². The van der Waals surface area contributed by atoms with Crippen molar-refractivity contribution < 1.29 is 18.7 Å². The first-order chi connectivity index (χ1) is 8.24. The maximum absolute atomic E-state index is 13.4. The molecule has 1 aliphatic rings. The number of carbonyl (C=O) groups is 1. The summed E-state index contributed by atoms with van der Waals surface area (Å²) < 4.78 is 24.2. The van der Waals surface area contributed by atoms with E-state index < -0.39 is 0 Å². The second-order valence-corrected chi connectivity index (χ2v) is 4.12. The molecule has 1 aromatic carbocycles. The number of benzene rings is 1. The van der Waals surface area contributed by atoms with Crippen molar-refractivity contribution in [2.75, 3.05) is 7.11 Å². The number of ether oxygens (including phenoxy) is 2. The van der Waals surface area contributed by atoms with Gasteiger partial charge in [0.05, 0.1) is 13.2 Å². The number of halogens is 1. The SMILES string of the molecule is COc1cc(F)cc(CCC=O)c1OC1CC1. The molecule has 0 bridgehead atoms. The van der Waals surface area contributed by atoms with Crippen molar-refractivity contribution in [2.24, 2.45) is 0 Å². The highest BCUT2D eigenvalue weighted by Gasteiger charge is 2.26. The minimum Gasteiger partial charge on any atom is -0.493 e. The van der Waals surface area contributed by atoms with Gasteiger partial charge in [0.25, 0.3) is 0 Å². The summed E-state index contributed by atoms with van der Waals surface area (Å²) in [6.45, 7) is 0. The Hall–Kier alpha value is -1.58. The Kier molecular flexibility index (Phi) is 3.61. The lowest BCUT2D eigenvalue weighted by Crippen LogP contribution is -2.03. The lowest BCUT2D eigenvalue weighted by atomic mass is 10.1. The molecule has 4 heteroatoms. The summed E-state index contributed by atoms with van der Waals surface area (Å²) in [4.78, 5) is 10.4. The van der Waals surface area contributed by atoms with E-state index in [2.05, 4.69) is 0 Å². The maximum Gasteiger partial charge on any atom is 0.164 e. The monoisotopic (exact) mass is 238 g/mol. The first-order valence-electron chi connectivity index (χ1n) is 5.71. The molecule has 0 heterocycles. The third kappa shape index (κ3) is 2.96. The van der Waals surface area contributed by atoms with Gasteiger partial charge >= 0.3 is 0 Å². The van der Waals surface area contributed by atoms with Crippen LogP contribution in [-0.2, 0) is 11.2 Å². The summed E-state index contributed by atoms with van der Waals surface area (Å²) in [5.41, 5.74) is 0.695. The second-order valence-electron chi connectivity index (χ2n) is 4.12. The first-order valence-corrected chi connectivity index (χ1v) is 5.71. The average molecular weight is 238 g/mol. The van der Waals surface area contributed by atoms with Crippen LogP contribution in [0.4, 0.5) is 4.39 Å². The molecule has 92 valence electrons. The highest BCUT2D eigenvalue weighted by molar-refractivity contribution is 5.53. The van der Waals surface area contributed by atoms with Gasteiger partial charge in [-0.2, -0.15) is 0 Å². The van der Waals surface area contributed by atoms with Crippen LogP contribution in [0.3, 0.4) is 0 Å². The number of hydrogen-bond acceptors (Lipinski definition) is 3. The van der Waals surface area contributed by atoms with E-state index in [1.165, 1.54) is 19.2 Å². The van der Waals surface area contributed by atoms with Gasteiger partial charge in [0.2, 0.25) is 0 Å². The molecular formula is C13H15FO3. The fourth-order valence-corrected chi connectivity index (χ4v) is 1.66. The van der Waals surface area contributed by atoms with Crippen LogP contribution in [0, 0.1) is 5.82 Å². The average Bonchev–Trinajstić information content (AvgIpc) is 3.12. The lowest BCUT2D eigenvalue weighted by molar-refractivity contribution is -0.107. The van der Waals surface area contributed by atoms with Gasteiger partial charge in [0.15, 0.2) is 11.5 Å². The third-order valence-corrected chi connectivity index (χ3v) is 2.66. The van der Waals surface area contributed by atoms with E-state index in [-0.39, 0.29) is 11.9 Å². The summed E-state index contributed by atoms with van der Waals surface area (Å²) in [5.74, 6) is 0.613. The largest absolute Gasteiger partial charge is 0.493 e. The lowest BCUT2D eigenvalue weighted by Gasteiger charge is -2.14. The minimum atomic E-state index is -0.370. The summed E-state index contributed by atoms with van der Waals surface area (Å²) in [7, 11) is 1.48. The Morgan fingerprint density at radius 2 is 2.24 bits per heavy atom. The van der Waals surface area contributed by atoms with E-state index >= 15 is 0 Å². The number of hydrogen-bond donors (Lipinski definition) is 0. The van der Waals surface area contributed by atoms with Gasteiger partial charge in [0, 0.05) is 18.1 Å². The number of aryl methyl sites for hydroxylation is 1. The summed E-state index contributed by atoms with van der Waals surface area (Å²) >= 11 is 0. The van der Waals surface area contributed by atoms with Crippen LogP contribution in [0.5, 0.6) is 11.5 Å². The van der Waals surface area contributed by atoms with Crippen LogP contribution in [-0.4, -0.2) is 19.5 Å². The Balaban J connectivity index is 2.29. The summed E-state index contributed by atoms with van der Waals surface area (Å²) in [6, 6.07) is 2.71. The standard InChI is InChI=1S/C13H15FO3/c1-16-12-8-10(14)7-9(3-2-6-15)13(12)17-11-4-5-11/h6-8,11H,2-5H2,1H3. The molecular weight excluding hydrogens is 223 g/mol. The Morgan fingerprint density at radius 3 is 2.82 bits per heavy atom. The Bertz CT molecular complexity index is 413. The van der Waals surface area contributed by atoms with Crippen LogP contribution in [0.2, 0.25) is 0 Å². The van der Waals surface area contributed by atoms with E-state index in [1.54, 1.807) is 0 Å². The molecule has 2 rings (SSSR count). The van der Waals surface area contributed by atoms with E-state index in [4.69, 9.17) is 9.47 Å². The molecule has 0 radical (unpaired) electrons. The highest BCUT2D eigenvalue weighted by Crippen LogP contribution is 2.37. The van der Waals surface area contributed by atoms with Gasteiger partial charge in [-0.05, 0) is 25.3 Å². The predicted molar refractivity (Wildman–Crippen MR) is 61.0 cm³/mol. The summed E-state index contributed by atoms with van der Waals surface area (Å²) in [6.07, 6.45) is 3.90. The molecule has 1 aliphatic carbocycles. The van der Waals surface area contributed by atoms with E-state index in [9.17, 15) is 9.18 Å². The van der Waals surface area contributed by atoms with Crippen molar-refractivity contribution in [2.45, 2.75) is 31.8 Å². The van der Waals surface area contributed by atoms with E-state index in [1.807, 2.05) is 0 Å². The van der Waals surface area contributed by atoms with Gasteiger partial charge in [-0.25, -0.2) is 4.39 Å². The molecule has 0 aromatic heterocycles. The number of methoxy groups -OCH3 is 1. The fourth-order valence-electron chi connectivity index (χ4n) is 1.66. The summed E-state index contributed by atoms with van der Waals surface area (Å²) in [5, 5.41) is 0. The normalized spacial score (nSPS) is 14.5.